The second kappa shape index (κ2) is 7.17. The Hall–Kier alpha value is -2.86. The lowest BCUT2D eigenvalue weighted by Gasteiger charge is -2.34. The molecule has 1 heterocycles. The van der Waals surface area contributed by atoms with Crippen molar-refractivity contribution in [1.29, 1.82) is 0 Å². The van der Waals surface area contributed by atoms with Crippen molar-refractivity contribution in [2.75, 3.05) is 13.2 Å². The smallest absolute Gasteiger partial charge is 0.261 e. The van der Waals surface area contributed by atoms with Crippen LogP contribution >= 0.6 is 0 Å². The fraction of sp³-hybridized carbons (Fsp3) is 0.300. The fourth-order valence-corrected chi connectivity index (χ4v) is 2.91. The molecular formula is C20H21N3O3. The van der Waals surface area contributed by atoms with Gasteiger partial charge in [0.2, 0.25) is 0 Å². The Kier molecular flexibility index (Phi) is 4.58. The fourth-order valence-electron chi connectivity index (χ4n) is 2.91. The summed E-state index contributed by atoms with van der Waals surface area (Å²) in [5.41, 5.74) is 6.59. The second-order valence-corrected chi connectivity index (χ2v) is 6.44. The van der Waals surface area contributed by atoms with E-state index >= 15 is 0 Å². The summed E-state index contributed by atoms with van der Waals surface area (Å²) < 4.78 is 17.0. The summed E-state index contributed by atoms with van der Waals surface area (Å²) in [7, 11) is 0. The topological polar surface area (TPSA) is 83.4 Å². The van der Waals surface area contributed by atoms with Crippen LogP contribution in [0.25, 0.3) is 11.5 Å². The summed E-state index contributed by atoms with van der Waals surface area (Å²) in [5, 5.41) is 4.07. The van der Waals surface area contributed by atoms with Gasteiger partial charge in [-0.15, -0.1) is 0 Å². The highest BCUT2D eigenvalue weighted by Crippen LogP contribution is 2.38. The number of hydrogen-bond donors (Lipinski definition) is 1. The van der Waals surface area contributed by atoms with Crippen molar-refractivity contribution >= 4 is 0 Å². The van der Waals surface area contributed by atoms with Crippen molar-refractivity contribution in [3.05, 3.63) is 60.4 Å². The Bertz CT molecular complexity index is 860. The van der Waals surface area contributed by atoms with Gasteiger partial charge in [0.1, 0.15) is 24.7 Å². The molecule has 3 aromatic rings. The summed E-state index contributed by atoms with van der Waals surface area (Å²) in [4.78, 5) is 4.50. The molecule has 0 aliphatic heterocycles. The molecule has 6 heteroatoms. The molecule has 0 atom stereocenters. The molecule has 26 heavy (non-hydrogen) atoms. The van der Waals surface area contributed by atoms with Gasteiger partial charge in [0, 0.05) is 0 Å². The highest BCUT2D eigenvalue weighted by molar-refractivity contribution is 5.62. The van der Waals surface area contributed by atoms with Crippen LogP contribution in [0.2, 0.25) is 0 Å². The van der Waals surface area contributed by atoms with Crippen molar-refractivity contribution in [3.8, 4) is 23.0 Å². The zero-order chi connectivity index (χ0) is 17.8. The number of aromatic nitrogens is 2. The molecule has 0 saturated heterocycles. The number of para-hydroxylation sites is 2. The standard InChI is InChI=1S/C20H21N3O3/c21-20(11-6-12-20)19-22-18(26-23-19)16-9-4-5-10-17(16)25-14-13-24-15-7-2-1-3-8-15/h1-5,7-10H,6,11-14,21H2. The van der Waals surface area contributed by atoms with Gasteiger partial charge in [-0.3, -0.25) is 0 Å². The van der Waals surface area contributed by atoms with Crippen LogP contribution in [0.4, 0.5) is 0 Å². The number of ether oxygens (including phenoxy) is 2. The van der Waals surface area contributed by atoms with Gasteiger partial charge in [-0.1, -0.05) is 35.5 Å². The number of rotatable bonds is 7. The SMILES string of the molecule is NC1(c2noc(-c3ccccc3OCCOc3ccccc3)n2)CCC1. The average molecular weight is 351 g/mol. The molecule has 0 amide bonds. The summed E-state index contributed by atoms with van der Waals surface area (Å²) in [6.07, 6.45) is 2.88. The molecule has 0 radical (unpaired) electrons. The highest BCUT2D eigenvalue weighted by atomic mass is 16.5. The lowest BCUT2D eigenvalue weighted by molar-refractivity contribution is 0.217. The van der Waals surface area contributed by atoms with E-state index < -0.39 is 5.54 Å². The van der Waals surface area contributed by atoms with Crippen molar-refractivity contribution in [2.45, 2.75) is 24.8 Å². The van der Waals surface area contributed by atoms with Gasteiger partial charge in [-0.25, -0.2) is 0 Å². The zero-order valence-corrected chi connectivity index (χ0v) is 14.4. The van der Waals surface area contributed by atoms with Crippen molar-refractivity contribution in [1.82, 2.24) is 10.1 Å². The third-order valence-electron chi connectivity index (χ3n) is 4.59. The first-order valence-electron chi connectivity index (χ1n) is 8.78. The lowest BCUT2D eigenvalue weighted by Crippen LogP contribution is -2.44. The predicted molar refractivity (Wildman–Crippen MR) is 96.9 cm³/mol. The molecule has 0 spiro atoms. The Morgan fingerprint density at radius 3 is 2.46 bits per heavy atom. The predicted octanol–water partition coefficient (Wildman–Crippen LogP) is 3.53. The molecule has 2 aromatic carbocycles. The van der Waals surface area contributed by atoms with Crippen LogP contribution in [-0.4, -0.2) is 23.4 Å². The van der Waals surface area contributed by atoms with Crippen LogP contribution in [0.5, 0.6) is 11.5 Å². The summed E-state index contributed by atoms with van der Waals surface area (Å²) in [6, 6.07) is 17.2. The Balaban J connectivity index is 1.42. The van der Waals surface area contributed by atoms with E-state index in [4.69, 9.17) is 19.7 Å². The van der Waals surface area contributed by atoms with Crippen LogP contribution in [0.15, 0.2) is 59.1 Å². The van der Waals surface area contributed by atoms with Gasteiger partial charge >= 0.3 is 0 Å². The summed E-state index contributed by atoms with van der Waals surface area (Å²) >= 11 is 0. The van der Waals surface area contributed by atoms with E-state index in [2.05, 4.69) is 10.1 Å². The molecule has 1 aromatic heterocycles. The van der Waals surface area contributed by atoms with E-state index in [0.29, 0.717) is 30.7 Å². The summed E-state index contributed by atoms with van der Waals surface area (Å²) in [5.74, 6) is 2.50. The molecule has 1 saturated carbocycles. The van der Waals surface area contributed by atoms with E-state index in [-0.39, 0.29) is 0 Å². The Morgan fingerprint density at radius 1 is 0.962 bits per heavy atom. The normalized spacial score (nSPS) is 15.3. The van der Waals surface area contributed by atoms with Gasteiger partial charge in [-0.05, 0) is 43.5 Å². The zero-order valence-electron chi connectivity index (χ0n) is 14.4. The number of benzene rings is 2. The minimum absolute atomic E-state index is 0.410. The van der Waals surface area contributed by atoms with E-state index in [1.54, 1.807) is 0 Å². The maximum absolute atomic E-state index is 6.27. The molecular weight excluding hydrogens is 330 g/mol. The van der Waals surface area contributed by atoms with Crippen LogP contribution in [-0.2, 0) is 5.54 Å². The van der Waals surface area contributed by atoms with Gasteiger partial charge in [-0.2, -0.15) is 4.98 Å². The number of nitrogens with zero attached hydrogens (tertiary/aromatic N) is 2. The summed E-state index contributed by atoms with van der Waals surface area (Å²) in [6.45, 7) is 0.854. The number of hydrogen-bond acceptors (Lipinski definition) is 6. The van der Waals surface area contributed by atoms with Crippen LogP contribution in [0.1, 0.15) is 25.1 Å². The molecule has 134 valence electrons. The van der Waals surface area contributed by atoms with Crippen LogP contribution in [0, 0.1) is 0 Å². The molecule has 0 unspecified atom stereocenters. The van der Waals surface area contributed by atoms with Crippen molar-refractivity contribution in [2.24, 2.45) is 5.73 Å². The molecule has 6 nitrogen and oxygen atoms in total. The molecule has 1 fully saturated rings. The monoisotopic (exact) mass is 351 g/mol. The molecule has 0 bridgehead atoms. The first-order valence-corrected chi connectivity index (χ1v) is 8.78. The van der Waals surface area contributed by atoms with Gasteiger partial charge in [0.15, 0.2) is 5.82 Å². The molecule has 4 rings (SSSR count). The van der Waals surface area contributed by atoms with E-state index in [1.165, 1.54) is 0 Å². The Labute approximate surface area is 151 Å². The lowest BCUT2D eigenvalue weighted by atomic mass is 9.77. The van der Waals surface area contributed by atoms with Crippen molar-refractivity contribution in [3.63, 3.8) is 0 Å². The van der Waals surface area contributed by atoms with Gasteiger partial charge in [0.05, 0.1) is 11.1 Å². The van der Waals surface area contributed by atoms with Gasteiger partial charge in [0.25, 0.3) is 5.89 Å². The first kappa shape index (κ1) is 16.6. The second-order valence-electron chi connectivity index (χ2n) is 6.44. The minimum atomic E-state index is -0.443. The molecule has 1 aliphatic rings. The first-order chi connectivity index (χ1) is 12.7. The number of nitrogens with two attached hydrogens (primary N) is 1. The van der Waals surface area contributed by atoms with Gasteiger partial charge < -0.3 is 19.7 Å². The van der Waals surface area contributed by atoms with E-state index in [1.807, 2.05) is 54.6 Å². The van der Waals surface area contributed by atoms with Crippen LogP contribution in [0.3, 0.4) is 0 Å². The molecule has 1 aliphatic carbocycles. The highest BCUT2D eigenvalue weighted by Gasteiger charge is 2.39. The van der Waals surface area contributed by atoms with Crippen molar-refractivity contribution < 1.29 is 14.0 Å². The maximum atomic E-state index is 6.27. The average Bonchev–Trinajstić information content (AvgIpc) is 3.15. The third-order valence-corrected chi connectivity index (χ3v) is 4.59. The quantitative estimate of drug-likeness (QED) is 0.656. The van der Waals surface area contributed by atoms with Crippen LogP contribution < -0.4 is 15.2 Å². The minimum Gasteiger partial charge on any atom is -0.490 e. The largest absolute Gasteiger partial charge is 0.490 e. The van der Waals surface area contributed by atoms with E-state index in [9.17, 15) is 0 Å². The third kappa shape index (κ3) is 3.41. The molecule has 2 N–H and O–H groups in total. The maximum Gasteiger partial charge on any atom is 0.261 e. The van der Waals surface area contributed by atoms with E-state index in [0.717, 1.165) is 30.6 Å². The Morgan fingerprint density at radius 2 is 1.69 bits per heavy atom.